The van der Waals surface area contributed by atoms with E-state index in [0.717, 1.165) is 22.6 Å². The number of hydrogen-bond acceptors (Lipinski definition) is 3. The zero-order valence-electron chi connectivity index (χ0n) is 17.0. The van der Waals surface area contributed by atoms with Gasteiger partial charge in [-0.25, -0.2) is 0 Å². The molecule has 0 aliphatic carbocycles. The summed E-state index contributed by atoms with van der Waals surface area (Å²) in [4.78, 5) is 25.4. The highest BCUT2D eigenvalue weighted by atomic mass is 16.5. The standard InChI is InChI=1S/C22H29N3O3/c1-5-20(17-8-6-16(2)7-9-17)24-22(27)15-25(3)14-21(26)23-18-10-12-19(28-4)13-11-18/h6-13,20H,5,14-15H2,1-4H3,(H,23,26)(H,24,27)/p+1/t20-/m1/s1. The van der Waals surface area contributed by atoms with Crippen molar-refractivity contribution in [3.05, 3.63) is 59.7 Å². The predicted molar refractivity (Wildman–Crippen MR) is 111 cm³/mol. The van der Waals surface area contributed by atoms with Gasteiger partial charge in [-0.3, -0.25) is 9.59 Å². The molecule has 0 bridgehead atoms. The van der Waals surface area contributed by atoms with Crippen LogP contribution < -0.4 is 20.3 Å². The zero-order chi connectivity index (χ0) is 20.5. The van der Waals surface area contributed by atoms with Crippen LogP contribution >= 0.6 is 0 Å². The SMILES string of the molecule is CC[C@@H](NC(=O)C[NH+](C)CC(=O)Nc1ccc(OC)cc1)c1ccc(C)cc1. The van der Waals surface area contributed by atoms with Gasteiger partial charge in [-0.2, -0.15) is 0 Å². The van der Waals surface area contributed by atoms with Gasteiger partial charge in [0.1, 0.15) is 5.75 Å². The van der Waals surface area contributed by atoms with Gasteiger partial charge in [-0.1, -0.05) is 36.8 Å². The Morgan fingerprint density at radius 3 is 2.18 bits per heavy atom. The number of carbonyl (C=O) groups is 2. The van der Waals surface area contributed by atoms with Crippen LogP contribution in [-0.2, 0) is 9.59 Å². The molecule has 0 heterocycles. The molecule has 0 aromatic heterocycles. The number of likely N-dealkylation sites (N-methyl/N-ethyl adjacent to an activating group) is 1. The smallest absolute Gasteiger partial charge is 0.279 e. The summed E-state index contributed by atoms with van der Waals surface area (Å²) < 4.78 is 5.10. The van der Waals surface area contributed by atoms with E-state index in [1.165, 1.54) is 5.56 Å². The molecule has 2 amide bonds. The van der Waals surface area contributed by atoms with Crippen LogP contribution in [0.2, 0.25) is 0 Å². The summed E-state index contributed by atoms with van der Waals surface area (Å²) in [6, 6.07) is 15.3. The van der Waals surface area contributed by atoms with Crippen LogP contribution in [0.15, 0.2) is 48.5 Å². The van der Waals surface area contributed by atoms with Crippen molar-refractivity contribution < 1.29 is 19.2 Å². The maximum atomic E-state index is 12.4. The van der Waals surface area contributed by atoms with Crippen molar-refractivity contribution in [2.75, 3.05) is 32.6 Å². The summed E-state index contributed by atoms with van der Waals surface area (Å²) in [5, 5.41) is 5.90. The van der Waals surface area contributed by atoms with Gasteiger partial charge in [0.25, 0.3) is 11.8 Å². The number of amides is 2. The molecular formula is C22H30N3O3+. The van der Waals surface area contributed by atoms with Crippen LogP contribution in [0, 0.1) is 6.92 Å². The van der Waals surface area contributed by atoms with Gasteiger partial charge in [0, 0.05) is 5.69 Å². The molecular weight excluding hydrogens is 354 g/mol. The first-order valence-electron chi connectivity index (χ1n) is 9.52. The van der Waals surface area contributed by atoms with Gasteiger partial charge in [0.2, 0.25) is 0 Å². The van der Waals surface area contributed by atoms with Crippen molar-refractivity contribution in [2.45, 2.75) is 26.3 Å². The molecule has 0 aliphatic rings. The van der Waals surface area contributed by atoms with E-state index in [4.69, 9.17) is 4.74 Å². The number of anilines is 1. The molecule has 150 valence electrons. The van der Waals surface area contributed by atoms with E-state index in [-0.39, 0.29) is 30.9 Å². The maximum absolute atomic E-state index is 12.4. The quantitative estimate of drug-likeness (QED) is 0.617. The second-order valence-electron chi connectivity index (χ2n) is 7.03. The fourth-order valence-electron chi connectivity index (χ4n) is 2.96. The Hall–Kier alpha value is -2.86. The van der Waals surface area contributed by atoms with Gasteiger partial charge in [-0.05, 0) is 43.2 Å². The maximum Gasteiger partial charge on any atom is 0.279 e. The molecule has 2 aromatic rings. The second kappa shape index (κ2) is 10.5. The lowest BCUT2D eigenvalue weighted by Gasteiger charge is -2.19. The summed E-state index contributed by atoms with van der Waals surface area (Å²) in [5.74, 6) is 0.527. The highest BCUT2D eigenvalue weighted by Crippen LogP contribution is 2.17. The Balaban J connectivity index is 1.81. The van der Waals surface area contributed by atoms with E-state index in [0.29, 0.717) is 5.69 Å². The Kier molecular flexibility index (Phi) is 8.02. The van der Waals surface area contributed by atoms with E-state index >= 15 is 0 Å². The number of hydrogen-bond donors (Lipinski definition) is 3. The van der Waals surface area contributed by atoms with Gasteiger partial charge in [-0.15, -0.1) is 0 Å². The van der Waals surface area contributed by atoms with Crippen molar-refractivity contribution in [1.82, 2.24) is 5.32 Å². The first kappa shape index (κ1) is 21.4. The van der Waals surface area contributed by atoms with Crippen LogP contribution in [0.25, 0.3) is 0 Å². The number of nitrogens with one attached hydrogen (secondary N) is 3. The van der Waals surface area contributed by atoms with E-state index in [2.05, 4.69) is 10.6 Å². The molecule has 28 heavy (non-hydrogen) atoms. The summed E-state index contributed by atoms with van der Waals surface area (Å²) in [5.41, 5.74) is 2.99. The van der Waals surface area contributed by atoms with Crippen LogP contribution in [0.3, 0.4) is 0 Å². The second-order valence-corrected chi connectivity index (χ2v) is 7.03. The molecule has 2 aromatic carbocycles. The lowest BCUT2D eigenvalue weighted by atomic mass is 10.0. The number of rotatable bonds is 9. The Morgan fingerprint density at radius 1 is 1.00 bits per heavy atom. The highest BCUT2D eigenvalue weighted by Gasteiger charge is 2.18. The third-order valence-corrected chi connectivity index (χ3v) is 4.52. The largest absolute Gasteiger partial charge is 0.497 e. The monoisotopic (exact) mass is 384 g/mol. The normalized spacial score (nSPS) is 12.7. The zero-order valence-corrected chi connectivity index (χ0v) is 17.0. The van der Waals surface area contributed by atoms with Crippen molar-refractivity contribution in [3.63, 3.8) is 0 Å². The Labute approximate surface area is 166 Å². The van der Waals surface area contributed by atoms with Gasteiger partial charge < -0.3 is 20.3 Å². The molecule has 0 radical (unpaired) electrons. The molecule has 6 nitrogen and oxygen atoms in total. The molecule has 6 heteroatoms. The third-order valence-electron chi connectivity index (χ3n) is 4.52. The summed E-state index contributed by atoms with van der Waals surface area (Å²) >= 11 is 0. The molecule has 0 fully saturated rings. The van der Waals surface area contributed by atoms with Crippen molar-refractivity contribution in [2.24, 2.45) is 0 Å². The number of benzene rings is 2. The van der Waals surface area contributed by atoms with Gasteiger partial charge in [0.15, 0.2) is 13.1 Å². The van der Waals surface area contributed by atoms with E-state index in [9.17, 15) is 9.59 Å². The number of quaternary nitrogens is 1. The van der Waals surface area contributed by atoms with Crippen LogP contribution in [-0.4, -0.2) is 39.1 Å². The minimum Gasteiger partial charge on any atom is -0.497 e. The molecule has 0 aliphatic heterocycles. The topological polar surface area (TPSA) is 71.9 Å². The molecule has 0 saturated heterocycles. The number of ether oxygens (including phenoxy) is 1. The van der Waals surface area contributed by atoms with Crippen molar-refractivity contribution in [3.8, 4) is 5.75 Å². The number of aryl methyl sites for hydroxylation is 1. The number of carbonyl (C=O) groups excluding carboxylic acids is 2. The van der Waals surface area contributed by atoms with Gasteiger partial charge >= 0.3 is 0 Å². The Morgan fingerprint density at radius 2 is 1.61 bits per heavy atom. The molecule has 2 rings (SSSR count). The van der Waals surface area contributed by atoms with E-state index < -0.39 is 0 Å². The molecule has 3 N–H and O–H groups in total. The fraction of sp³-hybridized carbons (Fsp3) is 0.364. The predicted octanol–water partition coefficient (Wildman–Crippen LogP) is 1.72. The average Bonchev–Trinajstić information content (AvgIpc) is 2.67. The minimum absolute atomic E-state index is 0.0194. The fourth-order valence-corrected chi connectivity index (χ4v) is 2.96. The molecule has 0 saturated carbocycles. The van der Waals surface area contributed by atoms with Crippen LogP contribution in [0.5, 0.6) is 5.75 Å². The van der Waals surface area contributed by atoms with Crippen LogP contribution in [0.4, 0.5) is 5.69 Å². The van der Waals surface area contributed by atoms with E-state index in [1.807, 2.05) is 45.2 Å². The minimum atomic E-state index is -0.138. The van der Waals surface area contributed by atoms with Gasteiger partial charge in [0.05, 0.1) is 20.2 Å². The summed E-state index contributed by atoms with van der Waals surface area (Å²) in [6.07, 6.45) is 0.811. The lowest BCUT2D eigenvalue weighted by Crippen LogP contribution is -3.11. The van der Waals surface area contributed by atoms with Crippen molar-refractivity contribution in [1.29, 1.82) is 0 Å². The number of methoxy groups -OCH3 is 1. The third kappa shape index (κ3) is 6.70. The summed E-state index contributed by atoms with van der Waals surface area (Å²) in [7, 11) is 3.43. The molecule has 0 spiro atoms. The van der Waals surface area contributed by atoms with Crippen LogP contribution in [0.1, 0.15) is 30.5 Å². The first-order valence-corrected chi connectivity index (χ1v) is 9.52. The molecule has 2 atom stereocenters. The average molecular weight is 385 g/mol. The molecule has 1 unspecified atom stereocenters. The first-order chi connectivity index (χ1) is 13.4. The van der Waals surface area contributed by atoms with Crippen molar-refractivity contribution >= 4 is 17.5 Å². The Bertz CT molecular complexity index is 773. The lowest BCUT2D eigenvalue weighted by molar-refractivity contribution is -0.862. The van der Waals surface area contributed by atoms with E-state index in [1.54, 1.807) is 31.4 Å². The highest BCUT2D eigenvalue weighted by molar-refractivity contribution is 5.91. The summed E-state index contributed by atoms with van der Waals surface area (Å²) in [6.45, 7) is 4.53.